The van der Waals surface area contributed by atoms with Crippen molar-refractivity contribution in [3.8, 4) is 0 Å². The largest absolute Gasteiger partial charge is 0.459 e. The van der Waals surface area contributed by atoms with Crippen molar-refractivity contribution in [1.29, 1.82) is 0 Å². The fourth-order valence-corrected chi connectivity index (χ4v) is 2.75. The van der Waals surface area contributed by atoms with Gasteiger partial charge in [0, 0.05) is 17.5 Å². The van der Waals surface area contributed by atoms with Crippen molar-refractivity contribution >= 4 is 17.7 Å². The minimum Gasteiger partial charge on any atom is -0.459 e. The number of hydrogen-bond donors (Lipinski definition) is 1. The highest BCUT2D eigenvalue weighted by atomic mass is 32.2. The van der Waals surface area contributed by atoms with Gasteiger partial charge in [-0.3, -0.25) is 4.79 Å². The summed E-state index contributed by atoms with van der Waals surface area (Å²) in [6.45, 7) is 6.11. The van der Waals surface area contributed by atoms with Crippen molar-refractivity contribution in [3.63, 3.8) is 0 Å². The van der Waals surface area contributed by atoms with Crippen molar-refractivity contribution in [2.45, 2.75) is 56.7 Å². The number of benzene rings is 1. The zero-order valence-electron chi connectivity index (χ0n) is 12.7. The van der Waals surface area contributed by atoms with Crippen LogP contribution < -0.4 is 5.32 Å². The second kappa shape index (κ2) is 6.79. The lowest BCUT2D eigenvalue weighted by Crippen LogP contribution is -2.25. The van der Waals surface area contributed by atoms with Gasteiger partial charge in [0.25, 0.3) is 0 Å². The molecule has 0 saturated heterocycles. The van der Waals surface area contributed by atoms with E-state index in [1.54, 1.807) is 6.07 Å². The maximum absolute atomic E-state index is 14.0. The Balaban J connectivity index is 1.95. The fraction of sp³-hybridized carbons (Fsp3) is 0.562. The summed E-state index contributed by atoms with van der Waals surface area (Å²) in [5.41, 5.74) is 0.388. The summed E-state index contributed by atoms with van der Waals surface area (Å²) >= 11 is 1.20. The number of carbonyl (C=O) groups is 1. The Labute approximate surface area is 129 Å². The van der Waals surface area contributed by atoms with Gasteiger partial charge in [-0.1, -0.05) is 12.1 Å². The average Bonchev–Trinajstić information content (AvgIpc) is 3.17. The van der Waals surface area contributed by atoms with Crippen molar-refractivity contribution < 1.29 is 13.9 Å². The molecule has 1 fully saturated rings. The molecular weight excluding hydrogens is 289 g/mol. The molecule has 0 aliphatic heterocycles. The van der Waals surface area contributed by atoms with E-state index in [0.29, 0.717) is 17.5 Å². The van der Waals surface area contributed by atoms with Gasteiger partial charge in [0.1, 0.15) is 11.4 Å². The lowest BCUT2D eigenvalue weighted by atomic mass is 10.2. The van der Waals surface area contributed by atoms with E-state index in [4.69, 9.17) is 4.74 Å². The Bertz CT molecular complexity index is 509. The Kier molecular flexibility index (Phi) is 5.27. The number of esters is 1. The van der Waals surface area contributed by atoms with E-state index < -0.39 is 5.60 Å². The molecule has 0 spiro atoms. The van der Waals surface area contributed by atoms with Gasteiger partial charge in [-0.2, -0.15) is 0 Å². The van der Waals surface area contributed by atoms with E-state index >= 15 is 0 Å². The van der Waals surface area contributed by atoms with Gasteiger partial charge >= 0.3 is 5.97 Å². The van der Waals surface area contributed by atoms with Crippen LogP contribution in [0.3, 0.4) is 0 Å². The van der Waals surface area contributed by atoms with Gasteiger partial charge in [-0.15, -0.1) is 11.8 Å². The first-order valence-electron chi connectivity index (χ1n) is 7.20. The molecule has 0 unspecified atom stereocenters. The van der Waals surface area contributed by atoms with Crippen molar-refractivity contribution in [2.75, 3.05) is 5.75 Å². The number of carbonyl (C=O) groups excluding carboxylic acids is 1. The number of halogens is 1. The maximum atomic E-state index is 14.0. The lowest BCUT2D eigenvalue weighted by molar-refractivity contribution is -0.151. The van der Waals surface area contributed by atoms with Crippen molar-refractivity contribution in [3.05, 3.63) is 29.6 Å². The first-order valence-corrected chi connectivity index (χ1v) is 8.19. The standard InChI is InChI=1S/C16H22FNO2S/c1-16(2,3)20-14(19)10-21-15-11(5-4-6-13(15)17)9-18-12-7-8-12/h4-6,12,18H,7-10H2,1-3H3. The van der Waals surface area contributed by atoms with E-state index in [9.17, 15) is 9.18 Å². The topological polar surface area (TPSA) is 38.3 Å². The Morgan fingerprint density at radius 3 is 2.76 bits per heavy atom. The summed E-state index contributed by atoms with van der Waals surface area (Å²) in [6.07, 6.45) is 2.38. The summed E-state index contributed by atoms with van der Waals surface area (Å²) in [6, 6.07) is 5.60. The number of nitrogens with one attached hydrogen (secondary N) is 1. The molecule has 1 saturated carbocycles. The molecule has 0 atom stereocenters. The quantitative estimate of drug-likeness (QED) is 0.644. The molecule has 1 aliphatic rings. The van der Waals surface area contributed by atoms with Crippen LogP contribution in [0.2, 0.25) is 0 Å². The van der Waals surface area contributed by atoms with E-state index in [1.165, 1.54) is 30.7 Å². The zero-order valence-corrected chi connectivity index (χ0v) is 13.6. The summed E-state index contributed by atoms with van der Waals surface area (Å²) in [4.78, 5) is 12.3. The van der Waals surface area contributed by atoms with Gasteiger partial charge in [0.2, 0.25) is 0 Å². The van der Waals surface area contributed by atoms with Crippen LogP contribution in [0.25, 0.3) is 0 Å². The SMILES string of the molecule is CC(C)(C)OC(=O)CSc1c(F)cccc1CNC1CC1. The molecule has 0 aromatic heterocycles. The summed E-state index contributed by atoms with van der Waals surface area (Å²) in [5.74, 6) is -0.482. The third-order valence-electron chi connectivity index (χ3n) is 2.96. The van der Waals surface area contributed by atoms with Crippen LogP contribution in [0.1, 0.15) is 39.2 Å². The smallest absolute Gasteiger partial charge is 0.316 e. The van der Waals surface area contributed by atoms with E-state index in [1.807, 2.05) is 26.8 Å². The zero-order chi connectivity index (χ0) is 15.5. The number of rotatable bonds is 6. The third kappa shape index (κ3) is 5.67. The number of hydrogen-bond acceptors (Lipinski definition) is 4. The molecule has 1 aliphatic carbocycles. The van der Waals surface area contributed by atoms with Gasteiger partial charge in [-0.05, 0) is 45.2 Å². The van der Waals surface area contributed by atoms with Gasteiger partial charge in [-0.25, -0.2) is 4.39 Å². The summed E-state index contributed by atoms with van der Waals surface area (Å²) in [5, 5.41) is 3.37. The highest BCUT2D eigenvalue weighted by Crippen LogP contribution is 2.28. The van der Waals surface area contributed by atoms with E-state index in [0.717, 1.165) is 5.56 Å². The van der Waals surface area contributed by atoms with Crippen molar-refractivity contribution in [1.82, 2.24) is 5.32 Å². The summed E-state index contributed by atoms with van der Waals surface area (Å²) < 4.78 is 19.2. The first kappa shape index (κ1) is 16.3. The molecule has 0 heterocycles. The molecule has 3 nitrogen and oxygen atoms in total. The second-order valence-electron chi connectivity index (χ2n) is 6.26. The molecule has 1 aromatic rings. The van der Waals surface area contributed by atoms with Gasteiger partial charge < -0.3 is 10.1 Å². The minimum atomic E-state index is -0.511. The molecular formula is C16H22FNO2S. The minimum absolute atomic E-state index is 0.120. The predicted molar refractivity (Wildman–Crippen MR) is 82.8 cm³/mol. The number of thioether (sulfide) groups is 1. The Hall–Kier alpha value is -1.07. The van der Waals surface area contributed by atoms with Gasteiger partial charge in [0.05, 0.1) is 5.75 Å². The van der Waals surface area contributed by atoms with Crippen molar-refractivity contribution in [2.24, 2.45) is 0 Å². The molecule has 116 valence electrons. The summed E-state index contributed by atoms with van der Waals surface area (Å²) in [7, 11) is 0. The van der Waals surface area contributed by atoms with E-state index in [-0.39, 0.29) is 17.5 Å². The third-order valence-corrected chi connectivity index (χ3v) is 4.09. The van der Waals surface area contributed by atoms with Crippen LogP contribution in [0.4, 0.5) is 4.39 Å². The van der Waals surface area contributed by atoms with Crippen LogP contribution in [0.15, 0.2) is 23.1 Å². The molecule has 21 heavy (non-hydrogen) atoms. The van der Waals surface area contributed by atoms with Gasteiger partial charge in [0.15, 0.2) is 0 Å². The molecule has 2 rings (SSSR count). The lowest BCUT2D eigenvalue weighted by Gasteiger charge is -2.19. The first-order chi connectivity index (χ1) is 9.85. The molecule has 0 radical (unpaired) electrons. The molecule has 5 heteroatoms. The maximum Gasteiger partial charge on any atom is 0.316 e. The normalized spacial score (nSPS) is 15.0. The molecule has 0 bridgehead atoms. The van der Waals surface area contributed by atoms with E-state index in [2.05, 4.69) is 5.32 Å². The fourth-order valence-electron chi connectivity index (χ4n) is 1.90. The Morgan fingerprint density at radius 1 is 1.43 bits per heavy atom. The molecule has 1 N–H and O–H groups in total. The van der Waals surface area contributed by atoms with Crippen LogP contribution in [0, 0.1) is 5.82 Å². The number of ether oxygens (including phenoxy) is 1. The monoisotopic (exact) mass is 311 g/mol. The van der Waals surface area contributed by atoms with Crippen LogP contribution in [-0.4, -0.2) is 23.4 Å². The predicted octanol–water partition coefficient (Wildman–Crippen LogP) is 3.51. The van der Waals surface area contributed by atoms with Crippen LogP contribution in [-0.2, 0) is 16.1 Å². The highest BCUT2D eigenvalue weighted by Gasteiger charge is 2.22. The highest BCUT2D eigenvalue weighted by molar-refractivity contribution is 8.00. The molecule has 1 aromatic carbocycles. The second-order valence-corrected chi connectivity index (χ2v) is 7.24. The average molecular weight is 311 g/mol. The Morgan fingerprint density at radius 2 is 2.14 bits per heavy atom. The molecule has 0 amide bonds. The van der Waals surface area contributed by atoms with Crippen LogP contribution in [0.5, 0.6) is 0 Å². The van der Waals surface area contributed by atoms with Crippen LogP contribution >= 0.6 is 11.8 Å².